The maximum Gasteiger partial charge on any atom is 0.334 e. The smallest absolute Gasteiger partial charge is 0.334 e. The average molecular weight is 509 g/mol. The van der Waals surface area contributed by atoms with Gasteiger partial charge in [-0.05, 0) is 68.0 Å². The van der Waals surface area contributed by atoms with Crippen LogP contribution in [0.3, 0.4) is 0 Å². The normalized spacial score (nSPS) is 21.7. The predicted octanol–water partition coefficient (Wildman–Crippen LogP) is 2.85. The van der Waals surface area contributed by atoms with Gasteiger partial charge in [-0.2, -0.15) is 0 Å². The highest BCUT2D eigenvalue weighted by Crippen LogP contribution is 2.28. The molecule has 0 saturated heterocycles. The molecule has 1 amide bonds. The number of allylic oxidation sites excluding steroid dienone is 1. The van der Waals surface area contributed by atoms with Crippen molar-refractivity contribution in [2.75, 3.05) is 0 Å². The Labute approximate surface area is 213 Å². The van der Waals surface area contributed by atoms with Crippen molar-refractivity contribution in [3.63, 3.8) is 0 Å². The Kier molecular flexibility index (Phi) is 8.32. The predicted molar refractivity (Wildman–Crippen MR) is 138 cm³/mol. The highest BCUT2D eigenvalue weighted by atomic mass is 16.5. The first-order valence-corrected chi connectivity index (χ1v) is 12.6. The van der Waals surface area contributed by atoms with Crippen LogP contribution in [0.15, 0.2) is 68.1 Å². The molecule has 37 heavy (non-hydrogen) atoms. The van der Waals surface area contributed by atoms with Gasteiger partial charge in [0.1, 0.15) is 11.5 Å². The fourth-order valence-electron chi connectivity index (χ4n) is 4.57. The van der Waals surface area contributed by atoms with Crippen LogP contribution in [0.25, 0.3) is 0 Å². The van der Waals surface area contributed by atoms with Crippen LogP contribution in [0, 0.1) is 16.7 Å². The third-order valence-electron chi connectivity index (χ3n) is 6.74. The van der Waals surface area contributed by atoms with Gasteiger partial charge in [0.05, 0.1) is 12.1 Å². The third kappa shape index (κ3) is 6.81. The lowest BCUT2D eigenvalue weighted by atomic mass is 9.83. The summed E-state index contributed by atoms with van der Waals surface area (Å²) in [6.45, 7) is 4.41. The molecule has 2 N–H and O–H groups in total. The summed E-state index contributed by atoms with van der Waals surface area (Å²) in [5.74, 6) is 1.36. The molecule has 0 spiro atoms. The summed E-state index contributed by atoms with van der Waals surface area (Å²) in [5, 5.41) is 5.50. The summed E-state index contributed by atoms with van der Waals surface area (Å²) >= 11 is 0. The van der Waals surface area contributed by atoms with E-state index in [1.807, 2.05) is 25.3 Å². The molecule has 1 atom stereocenters. The molecule has 2 aromatic rings. The van der Waals surface area contributed by atoms with E-state index in [0.717, 1.165) is 36.0 Å². The number of hydrogen-bond donors (Lipinski definition) is 2. The van der Waals surface area contributed by atoms with Crippen molar-refractivity contribution in [1.29, 1.82) is 0 Å². The molecule has 4 rings (SSSR count). The first kappa shape index (κ1) is 26.1. The summed E-state index contributed by atoms with van der Waals surface area (Å²) in [6, 6.07) is 7.20. The van der Waals surface area contributed by atoms with E-state index in [0.29, 0.717) is 23.9 Å². The van der Waals surface area contributed by atoms with Crippen molar-refractivity contribution >= 4 is 11.6 Å². The summed E-state index contributed by atoms with van der Waals surface area (Å²) in [5.41, 5.74) is -0.598. The highest BCUT2D eigenvalue weighted by Gasteiger charge is 2.21. The molecule has 1 unspecified atom stereocenters. The van der Waals surface area contributed by atoms with E-state index >= 15 is 0 Å². The van der Waals surface area contributed by atoms with Crippen molar-refractivity contribution in [2.24, 2.45) is 22.0 Å². The van der Waals surface area contributed by atoms with Gasteiger partial charge >= 0.3 is 11.4 Å². The van der Waals surface area contributed by atoms with E-state index in [2.05, 4.69) is 27.4 Å². The van der Waals surface area contributed by atoms with Gasteiger partial charge in [0.2, 0.25) is 5.62 Å². The number of ether oxygens (including phenoxy) is 1. The number of H-pyrrole nitrogens is 1. The van der Waals surface area contributed by atoms with E-state index in [9.17, 15) is 19.3 Å². The number of rotatable bonds is 8. The van der Waals surface area contributed by atoms with Crippen LogP contribution in [0.2, 0.25) is 0 Å². The Morgan fingerprint density at radius 3 is 2.49 bits per heavy atom. The summed E-state index contributed by atoms with van der Waals surface area (Å²) in [4.78, 5) is 55.1. The molecule has 1 saturated carbocycles. The number of nitrogens with zero attached hydrogens (tertiary/aromatic N) is 4. The maximum atomic E-state index is 13.3. The molecule has 11 nitrogen and oxygen atoms in total. The highest BCUT2D eigenvalue weighted by molar-refractivity contribution is 5.76. The number of benzene rings is 1. The largest absolute Gasteiger partial charge is 0.458 e. The Bertz CT molecular complexity index is 1370. The molecule has 2 aliphatic rings. The van der Waals surface area contributed by atoms with E-state index in [1.54, 1.807) is 24.3 Å². The number of carbonyl (C=O) groups is 1. The zero-order chi connectivity index (χ0) is 26.4. The minimum absolute atomic E-state index is 0.135. The molecule has 1 aromatic carbocycles. The van der Waals surface area contributed by atoms with E-state index < -0.39 is 17.3 Å². The quantitative estimate of drug-likeness (QED) is 0.526. The zero-order valence-corrected chi connectivity index (χ0v) is 21.1. The fraction of sp³-hybridized carbons (Fsp3) is 0.462. The molecule has 1 fully saturated rings. The molecule has 1 aliphatic carbocycles. The molecular weight excluding hydrogens is 476 g/mol. The first-order chi connectivity index (χ1) is 17.8. The molecule has 2 heterocycles. The number of aromatic amines is 1. The Balaban J connectivity index is 1.65. The Morgan fingerprint density at radius 2 is 1.81 bits per heavy atom. The van der Waals surface area contributed by atoms with Crippen molar-refractivity contribution in [3.8, 4) is 5.75 Å². The van der Waals surface area contributed by atoms with Gasteiger partial charge in [0.25, 0.3) is 5.91 Å². The topological polar surface area (TPSA) is 140 Å². The molecule has 1 aliphatic heterocycles. The second-order valence-corrected chi connectivity index (χ2v) is 9.72. The molecule has 0 radical (unpaired) electrons. The van der Waals surface area contributed by atoms with E-state index in [-0.39, 0.29) is 30.5 Å². The molecular formula is C26H32N6O5. The van der Waals surface area contributed by atoms with Crippen LogP contribution in [0.5, 0.6) is 5.75 Å². The molecule has 196 valence electrons. The SMILES string of the molecule is CC1CCC(Cn2c(=O)n(CCC(=O)N=O)c(=O)[nH]/c2=N\c2ccc(OC3=CC(C)NC=C3)cc2)CC1. The van der Waals surface area contributed by atoms with Crippen molar-refractivity contribution in [3.05, 3.63) is 79.9 Å². The number of dihydropyridines is 1. The molecule has 1 aromatic heterocycles. The van der Waals surface area contributed by atoms with Gasteiger partial charge in [-0.1, -0.05) is 19.8 Å². The Hall–Kier alpha value is -4.02. The van der Waals surface area contributed by atoms with Crippen molar-refractivity contribution < 1.29 is 9.53 Å². The summed E-state index contributed by atoms with van der Waals surface area (Å²) in [6.07, 6.45) is 9.42. The second-order valence-electron chi connectivity index (χ2n) is 9.72. The summed E-state index contributed by atoms with van der Waals surface area (Å²) < 4.78 is 8.27. The van der Waals surface area contributed by atoms with Crippen molar-refractivity contribution in [2.45, 2.75) is 65.1 Å². The monoisotopic (exact) mass is 508 g/mol. The lowest BCUT2D eigenvalue weighted by Crippen LogP contribution is -2.51. The number of aromatic nitrogens is 3. The molecule has 0 bridgehead atoms. The number of carbonyl (C=O) groups excluding carboxylic acids is 1. The molecule has 11 heteroatoms. The van der Waals surface area contributed by atoms with Gasteiger partial charge in [-0.25, -0.2) is 19.1 Å². The number of nitrogens with one attached hydrogen (secondary N) is 2. The van der Waals surface area contributed by atoms with Crippen LogP contribution in [0.1, 0.15) is 46.0 Å². The Morgan fingerprint density at radius 1 is 1.08 bits per heavy atom. The van der Waals surface area contributed by atoms with E-state index in [1.165, 1.54) is 4.57 Å². The van der Waals surface area contributed by atoms with E-state index in [4.69, 9.17) is 4.74 Å². The zero-order valence-electron chi connectivity index (χ0n) is 21.1. The van der Waals surface area contributed by atoms with Gasteiger partial charge in [0.15, 0.2) is 0 Å². The number of hydrogen-bond acceptors (Lipinski definition) is 7. The van der Waals surface area contributed by atoms with Gasteiger partial charge < -0.3 is 10.1 Å². The van der Waals surface area contributed by atoms with Gasteiger partial charge in [-0.15, -0.1) is 4.91 Å². The second kappa shape index (κ2) is 11.8. The lowest BCUT2D eigenvalue weighted by molar-refractivity contribution is -0.118. The lowest BCUT2D eigenvalue weighted by Gasteiger charge is -2.26. The minimum Gasteiger partial charge on any atom is -0.458 e. The van der Waals surface area contributed by atoms with Crippen LogP contribution in [0.4, 0.5) is 5.69 Å². The van der Waals surface area contributed by atoms with Crippen LogP contribution >= 0.6 is 0 Å². The maximum absolute atomic E-state index is 13.3. The minimum atomic E-state index is -0.916. The number of nitroso groups, excluding NO2 is 1. The van der Waals surface area contributed by atoms with Gasteiger partial charge in [-0.3, -0.25) is 14.3 Å². The number of amides is 1. The van der Waals surface area contributed by atoms with Crippen LogP contribution < -0.4 is 27.1 Å². The standard InChI is InChI=1S/C26H32N6O5/c1-17-3-5-19(6-4-17)16-32-24(29-25(34)31(26(32)35)14-12-23(33)30-36)28-20-7-9-21(10-8-20)37-22-11-13-27-18(2)15-22/h7-11,13,15,17-19,27H,3-6,12,14,16H2,1-2H3,(H,28,29,34). The average Bonchev–Trinajstić information content (AvgIpc) is 2.88. The first-order valence-electron chi connectivity index (χ1n) is 12.6. The van der Waals surface area contributed by atoms with Crippen molar-refractivity contribution in [1.82, 2.24) is 19.4 Å². The van der Waals surface area contributed by atoms with Crippen LogP contribution in [-0.4, -0.2) is 26.1 Å². The third-order valence-corrected chi connectivity index (χ3v) is 6.74. The fourth-order valence-corrected chi connectivity index (χ4v) is 4.57. The van der Waals surface area contributed by atoms with Crippen LogP contribution in [-0.2, 0) is 17.9 Å². The summed E-state index contributed by atoms with van der Waals surface area (Å²) in [7, 11) is 0. The van der Waals surface area contributed by atoms with Gasteiger partial charge in [0, 0.05) is 30.5 Å².